The van der Waals surface area contributed by atoms with Crippen LogP contribution in [0.1, 0.15) is 25.0 Å². The summed E-state index contributed by atoms with van der Waals surface area (Å²) in [6.45, 7) is 4.00. The molecule has 7 N–H and O–H groups in total. The smallest absolute Gasteiger partial charge is 0.116 e. The first-order chi connectivity index (χ1) is 20.0. The molecule has 0 atom stereocenters. The Morgan fingerprint density at radius 2 is 1.44 bits per heavy atom. The first kappa shape index (κ1) is 29.0. The van der Waals surface area contributed by atoms with Gasteiger partial charge in [0.15, 0.2) is 0 Å². The number of rotatable bonds is 4. The number of benzene rings is 5. The summed E-state index contributed by atoms with van der Waals surface area (Å²) in [7, 11) is 2.03. The molecule has 0 aliphatic carbocycles. The zero-order valence-corrected chi connectivity index (χ0v) is 24.0. The Morgan fingerprint density at radius 3 is 2.15 bits per heavy atom. The van der Waals surface area contributed by atoms with Crippen molar-refractivity contribution in [2.24, 2.45) is 0 Å². The first-order valence-corrected chi connectivity index (χ1v) is 14.0. The number of phenols is 1. The zero-order valence-electron chi connectivity index (χ0n) is 24.0. The average Bonchev–Trinajstić information content (AvgIpc) is 3.30. The second kappa shape index (κ2) is 13.9. The van der Waals surface area contributed by atoms with Crippen molar-refractivity contribution in [2.45, 2.75) is 20.3 Å². The topological polar surface area (TPSA) is 93.8 Å². The summed E-state index contributed by atoms with van der Waals surface area (Å²) >= 11 is 0. The minimum Gasteiger partial charge on any atom is -0.508 e. The van der Waals surface area contributed by atoms with Crippen molar-refractivity contribution < 1.29 is 10.5 Å². The van der Waals surface area contributed by atoms with Gasteiger partial charge in [-0.3, -0.25) is 0 Å². The molecule has 6 aromatic rings. The Kier molecular flexibility index (Phi) is 9.81. The fourth-order valence-corrected chi connectivity index (χ4v) is 4.82. The van der Waals surface area contributed by atoms with Crippen LogP contribution in [0.5, 0.6) is 5.75 Å². The van der Waals surface area contributed by atoms with Crippen LogP contribution in [-0.4, -0.2) is 16.8 Å². The summed E-state index contributed by atoms with van der Waals surface area (Å²) in [6, 6.07) is 37.8. The van der Waals surface area contributed by atoms with E-state index in [9.17, 15) is 5.11 Å². The number of hydrogen-bond acceptors (Lipinski definition) is 3. The lowest BCUT2D eigenvalue weighted by atomic mass is 10.1. The standard InChI is InChI=1S/C24H23N3O.C10H9N.C2H6/c1-26-27-23(13-9-17-5-3-2-4-6-17)21(15-18-7-10-19(25)11-8-18)22-16-20(28)12-14-24(22)27;11-10-7-3-5-8-4-1-2-6-9(8)10;1-2/h2-8,10-16,26,28H,9,25H2,1H3;1-7H,11H2;1-2H3/p+1/b21-15-,23-13-;;. The summed E-state index contributed by atoms with van der Waals surface area (Å²) < 4.78 is 2.18. The molecule has 0 bridgehead atoms. The third kappa shape index (κ3) is 6.96. The molecule has 41 heavy (non-hydrogen) atoms. The van der Waals surface area contributed by atoms with E-state index in [2.05, 4.69) is 58.7 Å². The number of anilines is 2. The minimum atomic E-state index is 0.266. The number of aromatic hydroxyl groups is 1. The van der Waals surface area contributed by atoms with Gasteiger partial charge < -0.3 is 16.6 Å². The van der Waals surface area contributed by atoms with Crippen LogP contribution < -0.4 is 27.5 Å². The quantitative estimate of drug-likeness (QED) is 0.182. The van der Waals surface area contributed by atoms with Gasteiger partial charge in [-0.1, -0.05) is 98.8 Å². The third-order valence-corrected chi connectivity index (χ3v) is 6.77. The van der Waals surface area contributed by atoms with E-state index in [1.165, 1.54) is 10.9 Å². The van der Waals surface area contributed by atoms with Gasteiger partial charge in [0.1, 0.15) is 11.3 Å². The maximum atomic E-state index is 10.1. The number of hydrogen-bond donors (Lipinski definition) is 4. The van der Waals surface area contributed by atoms with Gasteiger partial charge in [-0.05, 0) is 65.4 Å². The zero-order chi connectivity index (χ0) is 29.2. The molecule has 0 fully saturated rings. The number of fused-ring (bicyclic) bond motifs is 2. The van der Waals surface area contributed by atoms with Crippen LogP contribution in [0.15, 0.2) is 115 Å². The largest absolute Gasteiger partial charge is 0.508 e. The van der Waals surface area contributed by atoms with Crippen molar-refractivity contribution in [3.63, 3.8) is 0 Å². The van der Waals surface area contributed by atoms with E-state index in [1.807, 2.05) is 93.7 Å². The third-order valence-electron chi connectivity index (χ3n) is 6.77. The Bertz CT molecular complexity index is 1830. The summed E-state index contributed by atoms with van der Waals surface area (Å²) in [5.41, 5.74) is 18.7. The highest BCUT2D eigenvalue weighted by atomic mass is 16.3. The lowest BCUT2D eigenvalue weighted by molar-refractivity contribution is -0.682. The van der Waals surface area contributed by atoms with Gasteiger partial charge in [0.05, 0.1) is 12.4 Å². The van der Waals surface area contributed by atoms with Crippen molar-refractivity contribution in [1.82, 2.24) is 4.68 Å². The van der Waals surface area contributed by atoms with Crippen LogP contribution in [-0.2, 0) is 6.42 Å². The van der Waals surface area contributed by atoms with Gasteiger partial charge in [0, 0.05) is 27.4 Å². The molecule has 5 heteroatoms. The highest BCUT2D eigenvalue weighted by Gasteiger charge is 2.10. The number of quaternary nitrogens is 1. The second-order valence-electron chi connectivity index (χ2n) is 9.40. The molecule has 5 nitrogen and oxygen atoms in total. The monoisotopic (exact) mass is 543 g/mol. The molecule has 6 rings (SSSR count). The molecule has 1 heterocycles. The number of phenolic OH excluding ortho intramolecular Hbond substituents is 1. The van der Waals surface area contributed by atoms with Gasteiger partial charge in [-0.15, -0.1) is 0 Å². The summed E-state index contributed by atoms with van der Waals surface area (Å²) in [6.07, 6.45) is 5.23. The Hall–Kier alpha value is -5.00. The van der Waals surface area contributed by atoms with Crippen molar-refractivity contribution in [1.29, 1.82) is 0 Å². The SMILES string of the molecule is CC.C[NH2+]n1c(=C\Cc2ccccc2)/c(=C\c2ccc(N)cc2)c2cc(O)ccc21.Nc1cccc2ccccc12. The molecular formula is C36H39N4O+. The molecule has 0 saturated heterocycles. The van der Waals surface area contributed by atoms with E-state index in [0.717, 1.165) is 50.2 Å². The molecule has 0 aliphatic heterocycles. The van der Waals surface area contributed by atoms with Gasteiger partial charge >= 0.3 is 0 Å². The molecule has 5 aromatic carbocycles. The maximum absolute atomic E-state index is 10.1. The number of nitrogens with zero attached hydrogens (tertiary/aromatic N) is 1. The number of aromatic nitrogens is 1. The van der Waals surface area contributed by atoms with E-state index in [-0.39, 0.29) is 5.75 Å². The summed E-state index contributed by atoms with van der Waals surface area (Å²) in [4.78, 5) is 0. The van der Waals surface area contributed by atoms with Gasteiger partial charge in [-0.25, -0.2) is 5.43 Å². The lowest BCUT2D eigenvalue weighted by Crippen LogP contribution is -2.86. The predicted octanol–water partition coefficient (Wildman–Crippen LogP) is 5.19. The van der Waals surface area contributed by atoms with Crippen molar-refractivity contribution >= 4 is 45.2 Å². The lowest BCUT2D eigenvalue weighted by Gasteiger charge is -2.00. The van der Waals surface area contributed by atoms with Crippen LogP contribution in [0.4, 0.5) is 11.4 Å². The van der Waals surface area contributed by atoms with Crippen molar-refractivity contribution in [3.05, 3.63) is 137 Å². The van der Waals surface area contributed by atoms with Gasteiger partial charge in [0.2, 0.25) is 0 Å². The van der Waals surface area contributed by atoms with Crippen LogP contribution in [0, 0.1) is 0 Å². The van der Waals surface area contributed by atoms with Crippen molar-refractivity contribution in [3.8, 4) is 5.75 Å². The highest BCUT2D eigenvalue weighted by molar-refractivity contribution is 5.92. The van der Waals surface area contributed by atoms with E-state index in [0.29, 0.717) is 0 Å². The van der Waals surface area contributed by atoms with Crippen LogP contribution in [0.3, 0.4) is 0 Å². The fourth-order valence-electron chi connectivity index (χ4n) is 4.82. The second-order valence-corrected chi connectivity index (χ2v) is 9.40. The Morgan fingerprint density at radius 1 is 0.756 bits per heavy atom. The average molecular weight is 544 g/mol. The normalized spacial score (nSPS) is 11.6. The molecule has 0 aliphatic rings. The fraction of sp³-hybridized carbons (Fsp3) is 0.111. The number of nitrogen functional groups attached to an aromatic ring is 2. The number of nitrogens with two attached hydrogens (primary N) is 3. The van der Waals surface area contributed by atoms with Gasteiger partial charge in [-0.2, -0.15) is 4.68 Å². The first-order valence-electron chi connectivity index (χ1n) is 14.0. The molecule has 0 amide bonds. The van der Waals surface area contributed by atoms with E-state index >= 15 is 0 Å². The van der Waals surface area contributed by atoms with E-state index < -0.39 is 0 Å². The van der Waals surface area contributed by atoms with Gasteiger partial charge in [0.25, 0.3) is 0 Å². The van der Waals surface area contributed by atoms with E-state index in [4.69, 9.17) is 11.5 Å². The molecule has 0 unspecified atom stereocenters. The molecular weight excluding hydrogens is 504 g/mol. The molecule has 0 saturated carbocycles. The summed E-state index contributed by atoms with van der Waals surface area (Å²) in [5, 5.41) is 15.6. The Labute approximate surface area is 241 Å². The Balaban J connectivity index is 0.000000247. The molecule has 208 valence electrons. The van der Waals surface area contributed by atoms with Crippen molar-refractivity contribution in [2.75, 3.05) is 18.5 Å². The van der Waals surface area contributed by atoms with Crippen LogP contribution in [0.25, 0.3) is 33.8 Å². The molecule has 0 radical (unpaired) electrons. The minimum absolute atomic E-state index is 0.266. The summed E-state index contributed by atoms with van der Waals surface area (Å²) in [5.74, 6) is 0.266. The highest BCUT2D eigenvalue weighted by Crippen LogP contribution is 2.19. The van der Waals surface area contributed by atoms with Crippen LogP contribution >= 0.6 is 0 Å². The molecule has 1 aromatic heterocycles. The predicted molar refractivity (Wildman–Crippen MR) is 175 cm³/mol. The maximum Gasteiger partial charge on any atom is 0.116 e. The van der Waals surface area contributed by atoms with Crippen LogP contribution in [0.2, 0.25) is 0 Å². The molecule has 0 spiro atoms. The van der Waals surface area contributed by atoms with E-state index in [1.54, 1.807) is 6.07 Å².